The Hall–Kier alpha value is -2.94. The van der Waals surface area contributed by atoms with Crippen LogP contribution in [0, 0.1) is 0 Å². The van der Waals surface area contributed by atoms with Gasteiger partial charge in [0, 0.05) is 22.4 Å². The van der Waals surface area contributed by atoms with Gasteiger partial charge in [-0.05, 0) is 35.9 Å². The van der Waals surface area contributed by atoms with Gasteiger partial charge >= 0.3 is 0 Å². The Bertz CT molecular complexity index is 998. The summed E-state index contributed by atoms with van der Waals surface area (Å²) in [5.41, 5.74) is 3.91. The van der Waals surface area contributed by atoms with E-state index in [1.807, 2.05) is 42.5 Å². The molecule has 114 valence electrons. The molecule has 0 aliphatic rings. The minimum absolute atomic E-state index is 0.778. The highest BCUT2D eigenvalue weighted by molar-refractivity contribution is 6.06. The lowest BCUT2D eigenvalue weighted by atomic mass is 10.0. The normalized spacial score (nSPS) is 11.0. The van der Waals surface area contributed by atoms with E-state index in [0.29, 0.717) is 0 Å². The molecule has 0 aliphatic heterocycles. The van der Waals surface area contributed by atoms with Gasteiger partial charge in [-0.3, -0.25) is 0 Å². The largest absolute Gasteiger partial charge is 0.497 e. The average molecular weight is 304 g/mol. The van der Waals surface area contributed by atoms with Gasteiger partial charge in [-0.1, -0.05) is 24.3 Å². The molecule has 3 aromatic carbocycles. The molecular weight excluding hydrogens is 288 g/mol. The van der Waals surface area contributed by atoms with Crippen LogP contribution in [0.4, 0.5) is 0 Å². The topological polar surface area (TPSA) is 31.6 Å². The zero-order valence-electron chi connectivity index (χ0n) is 13.0. The number of fused-ring (bicyclic) bond motifs is 3. The molecule has 0 bridgehead atoms. The van der Waals surface area contributed by atoms with E-state index in [2.05, 4.69) is 18.2 Å². The number of benzene rings is 3. The van der Waals surface area contributed by atoms with Crippen LogP contribution < -0.4 is 9.47 Å². The van der Waals surface area contributed by atoms with Gasteiger partial charge in [0.1, 0.15) is 22.7 Å². The van der Waals surface area contributed by atoms with Gasteiger partial charge in [-0.25, -0.2) is 0 Å². The zero-order valence-corrected chi connectivity index (χ0v) is 13.0. The Morgan fingerprint density at radius 2 is 1.57 bits per heavy atom. The van der Waals surface area contributed by atoms with Crippen LogP contribution in [-0.2, 0) is 0 Å². The van der Waals surface area contributed by atoms with Crippen molar-refractivity contribution >= 4 is 21.9 Å². The molecule has 3 heteroatoms. The third kappa shape index (κ3) is 2.21. The Morgan fingerprint density at radius 3 is 2.39 bits per heavy atom. The van der Waals surface area contributed by atoms with Crippen molar-refractivity contribution in [2.24, 2.45) is 0 Å². The van der Waals surface area contributed by atoms with Crippen LogP contribution >= 0.6 is 0 Å². The Labute approximate surface area is 134 Å². The van der Waals surface area contributed by atoms with Crippen molar-refractivity contribution in [3.05, 3.63) is 60.7 Å². The van der Waals surface area contributed by atoms with Crippen molar-refractivity contribution in [3.8, 4) is 22.6 Å². The van der Waals surface area contributed by atoms with Crippen molar-refractivity contribution in [3.63, 3.8) is 0 Å². The minimum atomic E-state index is 0.778. The molecule has 1 heterocycles. The molecule has 1 aromatic heterocycles. The standard InChI is InChI=1S/C20H16O3/c1-21-14-8-9-15(20(12-14)22-2)13-7-10-19-17(11-13)16-5-3-4-6-18(16)23-19/h3-12H,1-2H3. The second-order valence-corrected chi connectivity index (χ2v) is 5.38. The predicted molar refractivity (Wildman–Crippen MR) is 92.3 cm³/mol. The molecule has 23 heavy (non-hydrogen) atoms. The summed E-state index contributed by atoms with van der Waals surface area (Å²) in [5.74, 6) is 1.57. The monoisotopic (exact) mass is 304 g/mol. The highest BCUT2D eigenvalue weighted by atomic mass is 16.5. The molecule has 3 nitrogen and oxygen atoms in total. The molecule has 0 unspecified atom stereocenters. The number of para-hydroxylation sites is 1. The fourth-order valence-electron chi connectivity index (χ4n) is 2.93. The van der Waals surface area contributed by atoms with Gasteiger partial charge in [0.15, 0.2) is 0 Å². The highest BCUT2D eigenvalue weighted by Gasteiger charge is 2.11. The summed E-state index contributed by atoms with van der Waals surface area (Å²) in [6, 6.07) is 20.1. The van der Waals surface area contributed by atoms with Crippen LogP contribution in [0.25, 0.3) is 33.1 Å². The fourth-order valence-corrected chi connectivity index (χ4v) is 2.93. The van der Waals surface area contributed by atoms with Gasteiger partial charge in [-0.15, -0.1) is 0 Å². The maximum atomic E-state index is 5.89. The first-order valence-electron chi connectivity index (χ1n) is 7.44. The Kier molecular flexibility index (Phi) is 3.19. The van der Waals surface area contributed by atoms with E-state index in [0.717, 1.165) is 44.6 Å². The first-order valence-corrected chi connectivity index (χ1v) is 7.44. The van der Waals surface area contributed by atoms with E-state index in [1.54, 1.807) is 14.2 Å². The van der Waals surface area contributed by atoms with Gasteiger partial charge < -0.3 is 13.9 Å². The third-order valence-electron chi connectivity index (χ3n) is 4.10. The molecular formula is C20H16O3. The van der Waals surface area contributed by atoms with E-state index in [4.69, 9.17) is 13.9 Å². The van der Waals surface area contributed by atoms with Crippen LogP contribution in [0.5, 0.6) is 11.5 Å². The molecule has 4 aromatic rings. The summed E-state index contributed by atoms with van der Waals surface area (Å²) >= 11 is 0. The van der Waals surface area contributed by atoms with Crippen molar-refractivity contribution < 1.29 is 13.9 Å². The van der Waals surface area contributed by atoms with Crippen molar-refractivity contribution in [1.29, 1.82) is 0 Å². The lowest BCUT2D eigenvalue weighted by Gasteiger charge is -2.10. The number of ether oxygens (including phenoxy) is 2. The summed E-state index contributed by atoms with van der Waals surface area (Å²) in [6.45, 7) is 0. The predicted octanol–water partition coefficient (Wildman–Crippen LogP) is 5.27. The quantitative estimate of drug-likeness (QED) is 0.516. The van der Waals surface area contributed by atoms with Gasteiger partial charge in [0.25, 0.3) is 0 Å². The molecule has 4 rings (SSSR count). The first-order chi connectivity index (χ1) is 11.3. The van der Waals surface area contributed by atoms with Crippen LogP contribution in [0.15, 0.2) is 65.1 Å². The van der Waals surface area contributed by atoms with Gasteiger partial charge in [0.05, 0.1) is 14.2 Å². The van der Waals surface area contributed by atoms with Crippen LogP contribution in [-0.4, -0.2) is 14.2 Å². The number of hydrogen-bond acceptors (Lipinski definition) is 3. The summed E-state index contributed by atoms with van der Waals surface area (Å²) < 4.78 is 16.7. The summed E-state index contributed by atoms with van der Waals surface area (Å²) in [6.07, 6.45) is 0. The van der Waals surface area contributed by atoms with E-state index >= 15 is 0 Å². The fraction of sp³-hybridized carbons (Fsp3) is 0.100. The number of methoxy groups -OCH3 is 2. The van der Waals surface area contributed by atoms with Crippen LogP contribution in [0.3, 0.4) is 0 Å². The first kappa shape index (κ1) is 13.7. The number of hydrogen-bond donors (Lipinski definition) is 0. The van der Waals surface area contributed by atoms with Crippen LogP contribution in [0.2, 0.25) is 0 Å². The van der Waals surface area contributed by atoms with Gasteiger partial charge in [0.2, 0.25) is 0 Å². The third-order valence-corrected chi connectivity index (χ3v) is 4.10. The number of rotatable bonds is 3. The SMILES string of the molecule is COc1ccc(-c2ccc3oc4ccccc4c3c2)c(OC)c1. The molecule has 0 saturated heterocycles. The Balaban J connectivity index is 1.94. The second kappa shape index (κ2) is 5.36. The molecule has 0 amide bonds. The molecule has 0 N–H and O–H groups in total. The minimum Gasteiger partial charge on any atom is -0.497 e. The summed E-state index contributed by atoms with van der Waals surface area (Å²) in [5, 5.41) is 2.23. The lowest BCUT2D eigenvalue weighted by molar-refractivity contribution is 0.395. The smallest absolute Gasteiger partial charge is 0.135 e. The average Bonchev–Trinajstić information content (AvgIpc) is 2.99. The maximum Gasteiger partial charge on any atom is 0.135 e. The molecule has 0 atom stereocenters. The number of furan rings is 1. The van der Waals surface area contributed by atoms with Gasteiger partial charge in [-0.2, -0.15) is 0 Å². The van der Waals surface area contributed by atoms with E-state index in [1.165, 1.54) is 0 Å². The van der Waals surface area contributed by atoms with Crippen molar-refractivity contribution in [1.82, 2.24) is 0 Å². The Morgan fingerprint density at radius 1 is 0.739 bits per heavy atom. The molecule has 0 aliphatic carbocycles. The van der Waals surface area contributed by atoms with Crippen LogP contribution in [0.1, 0.15) is 0 Å². The van der Waals surface area contributed by atoms with E-state index in [9.17, 15) is 0 Å². The van der Waals surface area contributed by atoms with E-state index < -0.39 is 0 Å². The zero-order chi connectivity index (χ0) is 15.8. The lowest BCUT2D eigenvalue weighted by Crippen LogP contribution is -1.90. The maximum absolute atomic E-state index is 5.89. The summed E-state index contributed by atoms with van der Waals surface area (Å²) in [4.78, 5) is 0. The summed E-state index contributed by atoms with van der Waals surface area (Å²) in [7, 11) is 3.32. The molecule has 0 spiro atoms. The van der Waals surface area contributed by atoms with Crippen molar-refractivity contribution in [2.75, 3.05) is 14.2 Å². The molecule has 0 fully saturated rings. The molecule has 0 radical (unpaired) electrons. The molecule has 0 saturated carbocycles. The van der Waals surface area contributed by atoms with E-state index in [-0.39, 0.29) is 0 Å². The van der Waals surface area contributed by atoms with Crippen molar-refractivity contribution in [2.45, 2.75) is 0 Å². The second-order valence-electron chi connectivity index (χ2n) is 5.38. The highest BCUT2D eigenvalue weighted by Crippen LogP contribution is 2.37.